The molecular formula is C74H145NO5. The lowest BCUT2D eigenvalue weighted by Gasteiger charge is -2.22. The smallest absolute Gasteiger partial charge is 0.305 e. The summed E-state index contributed by atoms with van der Waals surface area (Å²) in [4.78, 5) is 24.6. The summed E-state index contributed by atoms with van der Waals surface area (Å²) in [5.41, 5.74) is 0. The molecule has 0 spiro atoms. The molecule has 0 heterocycles. The van der Waals surface area contributed by atoms with Gasteiger partial charge in [-0.25, -0.2) is 0 Å². The first kappa shape index (κ1) is 78.6. The molecule has 0 aromatic carbocycles. The van der Waals surface area contributed by atoms with Crippen molar-refractivity contribution in [2.45, 2.75) is 437 Å². The minimum atomic E-state index is -0.659. The summed E-state index contributed by atoms with van der Waals surface area (Å²) in [5.74, 6) is -0.00816. The summed E-state index contributed by atoms with van der Waals surface area (Å²) in [6.07, 6.45) is 87.2. The van der Waals surface area contributed by atoms with Crippen LogP contribution in [0.5, 0.6) is 0 Å². The molecule has 0 aromatic rings. The van der Waals surface area contributed by atoms with Gasteiger partial charge >= 0.3 is 5.97 Å². The highest BCUT2D eigenvalue weighted by Gasteiger charge is 2.20. The zero-order valence-corrected chi connectivity index (χ0v) is 54.6. The lowest BCUT2D eigenvalue weighted by atomic mass is 10.0. The summed E-state index contributed by atoms with van der Waals surface area (Å²) in [6, 6.07) is -0.536. The lowest BCUT2D eigenvalue weighted by molar-refractivity contribution is -0.143. The van der Waals surface area contributed by atoms with Crippen LogP contribution in [0.3, 0.4) is 0 Å². The number of allylic oxidation sites excluding steroid dienone is 2. The molecule has 0 saturated heterocycles. The van der Waals surface area contributed by atoms with E-state index >= 15 is 0 Å². The van der Waals surface area contributed by atoms with Crippen LogP contribution in [0.15, 0.2) is 12.2 Å². The molecule has 476 valence electrons. The summed E-state index contributed by atoms with van der Waals surface area (Å²) in [7, 11) is 0. The van der Waals surface area contributed by atoms with E-state index < -0.39 is 12.1 Å². The second-order valence-corrected chi connectivity index (χ2v) is 25.6. The van der Waals surface area contributed by atoms with E-state index in [2.05, 4.69) is 31.3 Å². The summed E-state index contributed by atoms with van der Waals surface area (Å²) in [5, 5.41) is 23.3. The average molecular weight is 1130 g/mol. The van der Waals surface area contributed by atoms with E-state index in [4.69, 9.17) is 4.74 Å². The van der Waals surface area contributed by atoms with Gasteiger partial charge in [-0.1, -0.05) is 373 Å². The first-order valence-electron chi connectivity index (χ1n) is 36.9. The molecule has 0 radical (unpaired) electrons. The number of amides is 1. The van der Waals surface area contributed by atoms with E-state index in [0.717, 1.165) is 38.5 Å². The second-order valence-electron chi connectivity index (χ2n) is 25.6. The van der Waals surface area contributed by atoms with Crippen LogP contribution >= 0.6 is 0 Å². The molecule has 2 atom stereocenters. The van der Waals surface area contributed by atoms with Crippen LogP contribution in [-0.2, 0) is 14.3 Å². The topological polar surface area (TPSA) is 95.9 Å². The highest BCUT2D eigenvalue weighted by atomic mass is 16.5. The van der Waals surface area contributed by atoms with Crippen molar-refractivity contribution in [2.75, 3.05) is 13.2 Å². The van der Waals surface area contributed by atoms with Crippen LogP contribution in [0.2, 0.25) is 0 Å². The van der Waals surface area contributed by atoms with Crippen molar-refractivity contribution >= 4 is 11.9 Å². The minimum absolute atomic E-state index is 0.0193. The normalized spacial score (nSPS) is 12.5. The minimum Gasteiger partial charge on any atom is -0.466 e. The molecule has 0 aliphatic carbocycles. The number of hydrogen-bond donors (Lipinski definition) is 3. The Hall–Kier alpha value is -1.40. The van der Waals surface area contributed by atoms with Gasteiger partial charge in [0, 0.05) is 12.8 Å². The third-order valence-corrected chi connectivity index (χ3v) is 17.6. The SMILES string of the molecule is CCCCCCCC/C=C\CCCCCCCCCC(=O)OCCCCCCCCCCCCCCCCCCCCCCCCCCCCCCCCCCCC(=O)NC(CO)C(O)CCCCCCCCCCCCCCC. The van der Waals surface area contributed by atoms with E-state index in [9.17, 15) is 19.8 Å². The monoisotopic (exact) mass is 1130 g/mol. The van der Waals surface area contributed by atoms with Crippen molar-refractivity contribution in [2.24, 2.45) is 0 Å². The van der Waals surface area contributed by atoms with E-state index in [-0.39, 0.29) is 18.5 Å². The molecule has 0 aliphatic rings. The molecule has 3 N–H and O–H groups in total. The van der Waals surface area contributed by atoms with Crippen LogP contribution in [0.1, 0.15) is 425 Å². The Morgan fingerprint density at radius 2 is 0.588 bits per heavy atom. The number of hydrogen-bond acceptors (Lipinski definition) is 5. The first-order chi connectivity index (χ1) is 39.5. The number of ether oxygens (including phenoxy) is 1. The number of carbonyl (C=O) groups is 2. The fraction of sp³-hybridized carbons (Fsp3) is 0.946. The molecule has 1 amide bonds. The molecule has 6 nitrogen and oxygen atoms in total. The third kappa shape index (κ3) is 65.7. The molecule has 0 aromatic heterocycles. The van der Waals surface area contributed by atoms with Crippen molar-refractivity contribution in [1.82, 2.24) is 5.32 Å². The predicted octanol–water partition coefficient (Wildman–Crippen LogP) is 23.9. The fourth-order valence-corrected chi connectivity index (χ4v) is 11.9. The number of nitrogens with one attached hydrogen (secondary N) is 1. The zero-order chi connectivity index (χ0) is 57.8. The quantitative estimate of drug-likeness (QED) is 0.0320. The highest BCUT2D eigenvalue weighted by Crippen LogP contribution is 2.20. The Morgan fingerprint density at radius 1 is 0.338 bits per heavy atom. The molecule has 80 heavy (non-hydrogen) atoms. The zero-order valence-electron chi connectivity index (χ0n) is 54.6. The van der Waals surface area contributed by atoms with Gasteiger partial charge < -0.3 is 20.3 Å². The Labute approximate surface area is 501 Å². The lowest BCUT2D eigenvalue weighted by Crippen LogP contribution is -2.45. The van der Waals surface area contributed by atoms with Crippen molar-refractivity contribution < 1.29 is 24.5 Å². The number of unbranched alkanes of at least 4 members (excludes halogenated alkanes) is 57. The fourth-order valence-electron chi connectivity index (χ4n) is 11.9. The van der Waals surface area contributed by atoms with Crippen LogP contribution in [0, 0.1) is 0 Å². The first-order valence-corrected chi connectivity index (χ1v) is 36.9. The van der Waals surface area contributed by atoms with Crippen LogP contribution in [0.4, 0.5) is 0 Å². The number of rotatable bonds is 70. The average Bonchev–Trinajstić information content (AvgIpc) is 3.46. The second kappa shape index (κ2) is 70.1. The van der Waals surface area contributed by atoms with Gasteiger partial charge in [-0.15, -0.1) is 0 Å². The largest absolute Gasteiger partial charge is 0.466 e. The number of aliphatic hydroxyl groups is 2. The molecule has 6 heteroatoms. The summed E-state index contributed by atoms with van der Waals surface area (Å²) >= 11 is 0. The van der Waals surface area contributed by atoms with E-state index in [1.165, 1.54) is 353 Å². The van der Waals surface area contributed by atoms with Crippen molar-refractivity contribution in [3.8, 4) is 0 Å². The highest BCUT2D eigenvalue weighted by molar-refractivity contribution is 5.76. The molecule has 0 fully saturated rings. The Bertz CT molecular complexity index is 1210. The van der Waals surface area contributed by atoms with Gasteiger partial charge in [0.15, 0.2) is 0 Å². The standard InChI is InChI=1S/C74H145NO5/c1-3-5-7-9-11-13-15-17-18-36-40-44-48-52-56-60-64-68-74(79)80-69-65-61-57-53-49-45-41-38-35-33-31-29-27-25-23-21-19-20-22-24-26-28-30-32-34-37-39-43-47-51-55-59-63-67-73(78)75-71(70-76)72(77)66-62-58-54-50-46-42-16-14-12-10-8-6-4-2/h17-18,71-72,76-77H,3-16,19-70H2,1-2H3,(H,75,78)/b18-17-. The Kier molecular flexibility index (Phi) is 68.9. The van der Waals surface area contributed by atoms with Crippen molar-refractivity contribution in [3.63, 3.8) is 0 Å². The molecule has 0 rings (SSSR count). The van der Waals surface area contributed by atoms with Gasteiger partial charge in [0.05, 0.1) is 25.4 Å². The van der Waals surface area contributed by atoms with E-state index in [0.29, 0.717) is 25.9 Å². The van der Waals surface area contributed by atoms with Crippen LogP contribution in [-0.4, -0.2) is 47.4 Å². The maximum absolute atomic E-state index is 12.5. The van der Waals surface area contributed by atoms with Crippen LogP contribution < -0.4 is 5.32 Å². The molecule has 0 bridgehead atoms. The van der Waals surface area contributed by atoms with Gasteiger partial charge in [-0.3, -0.25) is 9.59 Å². The van der Waals surface area contributed by atoms with Gasteiger partial charge in [-0.2, -0.15) is 0 Å². The Morgan fingerprint density at radius 3 is 0.887 bits per heavy atom. The van der Waals surface area contributed by atoms with Crippen molar-refractivity contribution in [1.29, 1.82) is 0 Å². The number of esters is 1. The van der Waals surface area contributed by atoms with Crippen molar-refractivity contribution in [3.05, 3.63) is 12.2 Å². The number of carbonyl (C=O) groups excluding carboxylic acids is 2. The van der Waals surface area contributed by atoms with Gasteiger partial charge in [0.1, 0.15) is 0 Å². The molecule has 0 saturated carbocycles. The van der Waals surface area contributed by atoms with Gasteiger partial charge in [0.2, 0.25) is 5.91 Å². The third-order valence-electron chi connectivity index (χ3n) is 17.6. The number of aliphatic hydroxyl groups excluding tert-OH is 2. The van der Waals surface area contributed by atoms with Gasteiger partial charge in [-0.05, 0) is 51.4 Å². The maximum Gasteiger partial charge on any atom is 0.305 e. The Balaban J connectivity index is 3.29. The molecule has 2 unspecified atom stereocenters. The molecule has 0 aliphatic heterocycles. The summed E-state index contributed by atoms with van der Waals surface area (Å²) < 4.78 is 5.51. The van der Waals surface area contributed by atoms with Gasteiger partial charge in [0.25, 0.3) is 0 Å². The van der Waals surface area contributed by atoms with Crippen LogP contribution in [0.25, 0.3) is 0 Å². The maximum atomic E-state index is 12.5. The molecular weight excluding hydrogens is 983 g/mol. The van der Waals surface area contributed by atoms with E-state index in [1.807, 2.05) is 0 Å². The predicted molar refractivity (Wildman–Crippen MR) is 352 cm³/mol. The van der Waals surface area contributed by atoms with E-state index in [1.54, 1.807) is 0 Å². The summed E-state index contributed by atoms with van der Waals surface area (Å²) in [6.45, 7) is 4.99.